The normalized spacial score (nSPS) is 9.97. The van der Waals surface area contributed by atoms with Crippen molar-refractivity contribution >= 4 is 23.6 Å². The molecule has 176 valence electrons. The molecule has 4 aromatic carbocycles. The van der Waals surface area contributed by atoms with E-state index in [1.807, 2.05) is 72.8 Å². The first-order valence-corrected chi connectivity index (χ1v) is 10.8. The van der Waals surface area contributed by atoms with Crippen LogP contribution in [-0.2, 0) is 4.74 Å². The smallest absolute Gasteiger partial charge is 0.338 e. The molecule has 4 rings (SSSR count). The SMILES string of the molecule is CCOC(=O)c1cc(-c2ccccc2)cc([N+](=O)[O-])c1.Nc1cc(C=O)cc(-c2ccccc2)c1. The molecule has 0 aliphatic heterocycles. The summed E-state index contributed by atoms with van der Waals surface area (Å²) in [6.45, 7) is 1.91. The van der Waals surface area contributed by atoms with Gasteiger partial charge in [-0.05, 0) is 53.4 Å². The zero-order chi connectivity index (χ0) is 25.2. The third-order valence-electron chi connectivity index (χ3n) is 4.97. The number of nitro benzene ring substituents is 1. The third kappa shape index (κ3) is 6.85. The monoisotopic (exact) mass is 468 g/mol. The fraction of sp³-hybridized carbons (Fsp3) is 0.0714. The lowest BCUT2D eigenvalue weighted by Gasteiger charge is -2.06. The lowest BCUT2D eigenvalue weighted by atomic mass is 10.0. The van der Waals surface area contributed by atoms with Crippen LogP contribution in [0.3, 0.4) is 0 Å². The molecule has 2 N–H and O–H groups in total. The molecule has 0 radical (unpaired) electrons. The molecule has 0 aromatic heterocycles. The first kappa shape index (κ1) is 24.9. The Hall–Kier alpha value is -4.78. The standard InChI is InChI=1S/C15H13NO4.C13H11NO/c1-2-20-15(17)13-8-12(9-14(10-13)16(18)19)11-6-4-3-5-7-11;14-13-7-10(9-15)6-12(8-13)11-4-2-1-3-5-11/h3-10H,2H2,1H3;1-9H,14H2. The van der Waals surface area contributed by atoms with Gasteiger partial charge in [-0.2, -0.15) is 0 Å². The number of hydrogen-bond donors (Lipinski definition) is 1. The van der Waals surface area contributed by atoms with Crippen LogP contribution in [0, 0.1) is 10.1 Å². The van der Waals surface area contributed by atoms with E-state index in [-0.39, 0.29) is 17.9 Å². The molecule has 4 aromatic rings. The second-order valence-electron chi connectivity index (χ2n) is 7.48. The zero-order valence-electron chi connectivity index (χ0n) is 19.1. The number of benzene rings is 4. The van der Waals surface area contributed by atoms with Crippen molar-refractivity contribution in [3.05, 3.63) is 118 Å². The summed E-state index contributed by atoms with van der Waals surface area (Å²) in [4.78, 5) is 32.9. The van der Waals surface area contributed by atoms with E-state index in [2.05, 4.69) is 0 Å². The quantitative estimate of drug-likeness (QED) is 0.119. The van der Waals surface area contributed by atoms with Gasteiger partial charge >= 0.3 is 5.97 Å². The highest BCUT2D eigenvalue weighted by Gasteiger charge is 2.16. The Labute approximate surface area is 202 Å². The number of nitrogens with zero attached hydrogens (tertiary/aromatic N) is 1. The molecule has 0 bridgehead atoms. The number of rotatable bonds is 6. The number of ether oxygens (including phenoxy) is 1. The van der Waals surface area contributed by atoms with Crippen LogP contribution in [0.15, 0.2) is 97.1 Å². The number of nitro groups is 1. The fourth-order valence-corrected chi connectivity index (χ4v) is 3.39. The van der Waals surface area contributed by atoms with E-state index < -0.39 is 10.9 Å². The average Bonchev–Trinajstić information content (AvgIpc) is 2.89. The molecule has 0 fully saturated rings. The Kier molecular flexibility index (Phi) is 8.45. The minimum atomic E-state index is -0.562. The maximum absolute atomic E-state index is 11.8. The highest BCUT2D eigenvalue weighted by atomic mass is 16.6. The molecule has 35 heavy (non-hydrogen) atoms. The third-order valence-corrected chi connectivity index (χ3v) is 4.97. The van der Waals surface area contributed by atoms with E-state index in [1.165, 1.54) is 12.1 Å². The van der Waals surface area contributed by atoms with Crippen LogP contribution in [0.4, 0.5) is 11.4 Å². The number of aldehydes is 1. The van der Waals surface area contributed by atoms with Gasteiger partial charge in [-0.25, -0.2) is 4.79 Å². The van der Waals surface area contributed by atoms with Crippen LogP contribution < -0.4 is 5.73 Å². The van der Waals surface area contributed by atoms with Gasteiger partial charge in [0, 0.05) is 23.4 Å². The second kappa shape index (κ2) is 11.9. The molecule has 0 saturated heterocycles. The van der Waals surface area contributed by atoms with Gasteiger partial charge in [0.1, 0.15) is 6.29 Å². The fourth-order valence-electron chi connectivity index (χ4n) is 3.39. The number of carbonyl (C=O) groups excluding carboxylic acids is 2. The molecule has 0 spiro atoms. The molecule has 0 atom stereocenters. The molecule has 7 nitrogen and oxygen atoms in total. The van der Waals surface area contributed by atoms with Gasteiger partial charge in [0.25, 0.3) is 5.69 Å². The van der Waals surface area contributed by atoms with Crippen LogP contribution in [0.2, 0.25) is 0 Å². The van der Waals surface area contributed by atoms with Crippen LogP contribution in [0.1, 0.15) is 27.6 Å². The van der Waals surface area contributed by atoms with Gasteiger partial charge in [0.15, 0.2) is 0 Å². The molecule has 7 heteroatoms. The topological polar surface area (TPSA) is 113 Å². The van der Waals surface area contributed by atoms with Gasteiger partial charge in [-0.15, -0.1) is 0 Å². The number of carbonyl (C=O) groups is 2. The lowest BCUT2D eigenvalue weighted by molar-refractivity contribution is -0.384. The Morgan fingerprint density at radius 3 is 1.94 bits per heavy atom. The van der Waals surface area contributed by atoms with Crippen molar-refractivity contribution < 1.29 is 19.2 Å². The maximum atomic E-state index is 11.8. The van der Waals surface area contributed by atoms with Crippen LogP contribution in [0.25, 0.3) is 22.3 Å². The number of non-ortho nitro benzene ring substituents is 1. The Balaban J connectivity index is 0.000000203. The van der Waals surface area contributed by atoms with Crippen molar-refractivity contribution in [3.8, 4) is 22.3 Å². The van der Waals surface area contributed by atoms with Crippen molar-refractivity contribution in [2.45, 2.75) is 6.92 Å². The van der Waals surface area contributed by atoms with Gasteiger partial charge in [-0.1, -0.05) is 60.7 Å². The number of nitrogen functional groups attached to an aromatic ring is 1. The molecule has 0 unspecified atom stereocenters. The van der Waals surface area contributed by atoms with E-state index in [4.69, 9.17) is 10.5 Å². The molecule has 0 aliphatic rings. The summed E-state index contributed by atoms with van der Waals surface area (Å²) in [6.07, 6.45) is 0.808. The summed E-state index contributed by atoms with van der Waals surface area (Å²) in [6, 6.07) is 28.6. The first-order valence-electron chi connectivity index (χ1n) is 10.8. The zero-order valence-corrected chi connectivity index (χ0v) is 19.1. The van der Waals surface area contributed by atoms with Crippen molar-refractivity contribution in [1.82, 2.24) is 0 Å². The van der Waals surface area contributed by atoms with E-state index >= 15 is 0 Å². The van der Waals surface area contributed by atoms with Crippen molar-refractivity contribution in [2.75, 3.05) is 12.3 Å². The van der Waals surface area contributed by atoms with Gasteiger partial charge in [-0.3, -0.25) is 14.9 Å². The van der Waals surface area contributed by atoms with Crippen molar-refractivity contribution in [2.24, 2.45) is 0 Å². The maximum Gasteiger partial charge on any atom is 0.338 e. The molecule has 0 saturated carbocycles. The first-order chi connectivity index (χ1) is 16.9. The van der Waals surface area contributed by atoms with E-state index in [0.717, 1.165) is 23.0 Å². The minimum Gasteiger partial charge on any atom is -0.462 e. The van der Waals surface area contributed by atoms with E-state index in [1.54, 1.807) is 19.1 Å². The average molecular weight is 469 g/mol. The number of hydrogen-bond acceptors (Lipinski definition) is 6. The van der Waals surface area contributed by atoms with Crippen LogP contribution in [-0.4, -0.2) is 23.8 Å². The largest absolute Gasteiger partial charge is 0.462 e. The van der Waals surface area contributed by atoms with Crippen LogP contribution >= 0.6 is 0 Å². The summed E-state index contributed by atoms with van der Waals surface area (Å²) in [5.41, 5.74) is 10.4. The molecule has 0 heterocycles. The number of esters is 1. The van der Waals surface area contributed by atoms with E-state index in [0.29, 0.717) is 16.8 Å². The highest BCUT2D eigenvalue weighted by Crippen LogP contribution is 2.26. The van der Waals surface area contributed by atoms with Crippen molar-refractivity contribution in [1.29, 1.82) is 0 Å². The summed E-state index contributed by atoms with van der Waals surface area (Å²) in [7, 11) is 0. The number of nitrogens with two attached hydrogens (primary N) is 1. The predicted octanol–water partition coefficient (Wildman–Crippen LogP) is 6.19. The molecule has 0 amide bonds. The Morgan fingerprint density at radius 1 is 0.857 bits per heavy atom. The summed E-state index contributed by atoms with van der Waals surface area (Å²) >= 11 is 0. The molecular weight excluding hydrogens is 444 g/mol. The number of anilines is 1. The van der Waals surface area contributed by atoms with Gasteiger partial charge in [0.2, 0.25) is 0 Å². The summed E-state index contributed by atoms with van der Waals surface area (Å²) in [5, 5.41) is 11.0. The Morgan fingerprint density at radius 2 is 1.43 bits per heavy atom. The van der Waals surface area contributed by atoms with Crippen LogP contribution in [0.5, 0.6) is 0 Å². The van der Waals surface area contributed by atoms with Gasteiger partial charge in [0.05, 0.1) is 17.1 Å². The molecular formula is C28H24N2O5. The van der Waals surface area contributed by atoms with Crippen molar-refractivity contribution in [3.63, 3.8) is 0 Å². The van der Waals surface area contributed by atoms with E-state index in [9.17, 15) is 19.7 Å². The summed E-state index contributed by atoms with van der Waals surface area (Å²) in [5.74, 6) is -0.562. The predicted molar refractivity (Wildman–Crippen MR) is 136 cm³/mol. The highest BCUT2D eigenvalue weighted by molar-refractivity contribution is 5.92. The van der Waals surface area contributed by atoms with Gasteiger partial charge < -0.3 is 10.5 Å². The summed E-state index contributed by atoms with van der Waals surface area (Å²) < 4.78 is 4.89. The Bertz CT molecular complexity index is 1320. The molecule has 0 aliphatic carbocycles. The lowest BCUT2D eigenvalue weighted by Crippen LogP contribution is -2.05. The minimum absolute atomic E-state index is 0.130. The second-order valence-corrected chi connectivity index (χ2v) is 7.48.